The Bertz CT molecular complexity index is 875. The molecule has 1 aromatic heterocycles. The van der Waals surface area contributed by atoms with Gasteiger partial charge in [0.2, 0.25) is 5.91 Å². The first kappa shape index (κ1) is 20.6. The van der Waals surface area contributed by atoms with Crippen LogP contribution in [0.25, 0.3) is 0 Å². The van der Waals surface area contributed by atoms with Gasteiger partial charge in [-0.05, 0) is 18.4 Å². The molecule has 0 unspecified atom stereocenters. The van der Waals surface area contributed by atoms with Crippen LogP contribution in [0.2, 0.25) is 0 Å². The first-order valence-corrected chi connectivity index (χ1v) is 9.96. The summed E-state index contributed by atoms with van der Waals surface area (Å²) in [5, 5.41) is 9.25. The van der Waals surface area contributed by atoms with E-state index in [2.05, 4.69) is 0 Å². The zero-order valence-corrected chi connectivity index (χ0v) is 16.6. The van der Waals surface area contributed by atoms with Crippen LogP contribution in [0.3, 0.4) is 0 Å². The van der Waals surface area contributed by atoms with Crippen molar-refractivity contribution >= 4 is 17.8 Å². The highest BCUT2D eigenvalue weighted by Crippen LogP contribution is 2.19. The summed E-state index contributed by atoms with van der Waals surface area (Å²) in [6.45, 7) is 3.76. The Hall–Kier alpha value is -3.09. The number of carbonyl (C=O) groups excluding carboxylic acids is 2. The third-order valence-corrected chi connectivity index (χ3v) is 5.18. The highest BCUT2D eigenvalue weighted by molar-refractivity contribution is 5.96. The molecule has 0 bridgehead atoms. The van der Waals surface area contributed by atoms with Gasteiger partial charge in [0.25, 0.3) is 5.91 Å². The number of aromatic carboxylic acids is 1. The summed E-state index contributed by atoms with van der Waals surface area (Å²) in [4.78, 5) is 40.1. The Balaban J connectivity index is 1.58. The number of hydrogen-bond donors (Lipinski definition) is 1. The van der Waals surface area contributed by atoms with E-state index in [1.165, 1.54) is 6.07 Å². The first-order chi connectivity index (χ1) is 14.0. The van der Waals surface area contributed by atoms with E-state index >= 15 is 0 Å². The Morgan fingerprint density at radius 1 is 1.03 bits per heavy atom. The SMILES string of the molecule is CCc1oc(C(=O)N2CCCN(C(=O)CCc3ccccc3)CC2)cc1C(=O)O. The average molecular weight is 398 g/mol. The predicted molar refractivity (Wildman–Crippen MR) is 107 cm³/mol. The van der Waals surface area contributed by atoms with Crippen molar-refractivity contribution < 1.29 is 23.9 Å². The largest absolute Gasteiger partial charge is 0.478 e. The van der Waals surface area contributed by atoms with Crippen molar-refractivity contribution in [3.05, 3.63) is 59.0 Å². The van der Waals surface area contributed by atoms with Crippen LogP contribution in [-0.4, -0.2) is 58.9 Å². The molecule has 2 amide bonds. The molecule has 2 aromatic rings. The molecule has 1 aromatic carbocycles. The number of carboxylic acids is 1. The van der Waals surface area contributed by atoms with Gasteiger partial charge in [0, 0.05) is 45.1 Å². The van der Waals surface area contributed by atoms with E-state index in [0.717, 1.165) is 5.56 Å². The summed E-state index contributed by atoms with van der Waals surface area (Å²) in [6, 6.07) is 11.2. The van der Waals surface area contributed by atoms with Gasteiger partial charge in [-0.3, -0.25) is 9.59 Å². The van der Waals surface area contributed by atoms with Crippen LogP contribution in [0.4, 0.5) is 0 Å². The second kappa shape index (κ2) is 9.41. The van der Waals surface area contributed by atoms with Gasteiger partial charge >= 0.3 is 5.97 Å². The highest BCUT2D eigenvalue weighted by Gasteiger charge is 2.26. The summed E-state index contributed by atoms with van der Waals surface area (Å²) in [5.41, 5.74) is 1.16. The quantitative estimate of drug-likeness (QED) is 0.808. The Labute approximate surface area is 169 Å². The molecule has 0 spiro atoms. The van der Waals surface area contributed by atoms with Crippen LogP contribution in [0.1, 0.15) is 52.0 Å². The van der Waals surface area contributed by atoms with Gasteiger partial charge in [0.1, 0.15) is 11.3 Å². The number of hydrogen-bond acceptors (Lipinski definition) is 4. The summed E-state index contributed by atoms with van der Waals surface area (Å²) in [6.07, 6.45) is 2.22. The van der Waals surface area contributed by atoms with E-state index < -0.39 is 5.97 Å². The van der Waals surface area contributed by atoms with Crippen LogP contribution in [0, 0.1) is 0 Å². The summed E-state index contributed by atoms with van der Waals surface area (Å²) in [7, 11) is 0. The van der Waals surface area contributed by atoms with Crippen molar-refractivity contribution in [2.24, 2.45) is 0 Å². The minimum Gasteiger partial charge on any atom is -0.478 e. The number of carbonyl (C=O) groups is 3. The molecular weight excluding hydrogens is 372 g/mol. The fraction of sp³-hybridized carbons (Fsp3) is 0.409. The minimum atomic E-state index is -1.10. The lowest BCUT2D eigenvalue weighted by Crippen LogP contribution is -2.37. The van der Waals surface area contributed by atoms with Gasteiger partial charge < -0.3 is 19.3 Å². The second-order valence-electron chi connectivity index (χ2n) is 7.12. The molecule has 1 fully saturated rings. The molecule has 1 aliphatic heterocycles. The molecule has 3 rings (SSSR count). The van der Waals surface area contributed by atoms with Gasteiger partial charge in [-0.2, -0.15) is 0 Å². The molecule has 1 saturated heterocycles. The van der Waals surface area contributed by atoms with Crippen molar-refractivity contribution in [3.8, 4) is 0 Å². The maximum Gasteiger partial charge on any atom is 0.339 e. The zero-order valence-electron chi connectivity index (χ0n) is 16.6. The molecule has 1 N–H and O–H groups in total. The molecule has 154 valence electrons. The Kier molecular flexibility index (Phi) is 6.69. The first-order valence-electron chi connectivity index (χ1n) is 9.96. The zero-order chi connectivity index (χ0) is 20.8. The van der Waals surface area contributed by atoms with E-state index in [1.807, 2.05) is 30.3 Å². The van der Waals surface area contributed by atoms with Crippen molar-refractivity contribution in [1.82, 2.24) is 9.80 Å². The maximum atomic E-state index is 12.8. The van der Waals surface area contributed by atoms with Crippen molar-refractivity contribution in [2.45, 2.75) is 32.6 Å². The highest BCUT2D eigenvalue weighted by atomic mass is 16.4. The molecule has 0 atom stereocenters. The van der Waals surface area contributed by atoms with Crippen molar-refractivity contribution in [2.75, 3.05) is 26.2 Å². The molecule has 0 saturated carbocycles. The van der Waals surface area contributed by atoms with E-state index in [1.54, 1.807) is 16.7 Å². The summed E-state index contributed by atoms with van der Waals surface area (Å²) in [5.74, 6) is -0.999. The lowest BCUT2D eigenvalue weighted by atomic mass is 10.1. The number of carboxylic acid groups (broad SMARTS) is 1. The molecule has 0 aliphatic carbocycles. The molecule has 2 heterocycles. The lowest BCUT2D eigenvalue weighted by molar-refractivity contribution is -0.131. The van der Waals surface area contributed by atoms with Crippen LogP contribution in [0.15, 0.2) is 40.8 Å². The average Bonchev–Trinajstić information content (AvgIpc) is 3.03. The van der Waals surface area contributed by atoms with E-state index in [4.69, 9.17) is 4.42 Å². The number of aryl methyl sites for hydroxylation is 2. The predicted octanol–water partition coefficient (Wildman–Crippen LogP) is 2.85. The van der Waals surface area contributed by atoms with Crippen molar-refractivity contribution in [3.63, 3.8) is 0 Å². The molecule has 1 aliphatic rings. The van der Waals surface area contributed by atoms with Gasteiger partial charge in [-0.15, -0.1) is 0 Å². The fourth-order valence-corrected chi connectivity index (χ4v) is 3.56. The van der Waals surface area contributed by atoms with E-state index in [9.17, 15) is 19.5 Å². The smallest absolute Gasteiger partial charge is 0.339 e. The third-order valence-electron chi connectivity index (χ3n) is 5.18. The summed E-state index contributed by atoms with van der Waals surface area (Å²) >= 11 is 0. The third kappa shape index (κ3) is 5.04. The number of nitrogens with zero attached hydrogens (tertiary/aromatic N) is 2. The molecule has 7 heteroatoms. The van der Waals surface area contributed by atoms with E-state index in [0.29, 0.717) is 57.6 Å². The molecule has 29 heavy (non-hydrogen) atoms. The second-order valence-corrected chi connectivity index (χ2v) is 7.12. The standard InChI is InChI=1S/C22H26N2O5/c1-2-18-17(22(27)28)15-19(29-18)21(26)24-12-6-11-23(13-14-24)20(25)10-9-16-7-4-3-5-8-16/h3-5,7-8,15H,2,6,9-14H2,1H3,(H,27,28). The van der Waals surface area contributed by atoms with E-state index in [-0.39, 0.29) is 23.1 Å². The Morgan fingerprint density at radius 3 is 2.38 bits per heavy atom. The molecule has 7 nitrogen and oxygen atoms in total. The number of rotatable bonds is 6. The van der Waals surface area contributed by atoms with Crippen molar-refractivity contribution in [1.29, 1.82) is 0 Å². The minimum absolute atomic E-state index is 0.0309. The van der Waals surface area contributed by atoms with Gasteiger partial charge in [0.15, 0.2) is 5.76 Å². The topological polar surface area (TPSA) is 91.1 Å². The fourth-order valence-electron chi connectivity index (χ4n) is 3.56. The monoisotopic (exact) mass is 398 g/mol. The normalized spacial score (nSPS) is 14.5. The molecule has 0 radical (unpaired) electrons. The van der Waals surface area contributed by atoms with Gasteiger partial charge in [-0.1, -0.05) is 37.3 Å². The number of benzene rings is 1. The number of amides is 2. The van der Waals surface area contributed by atoms with Crippen LogP contribution in [0.5, 0.6) is 0 Å². The van der Waals surface area contributed by atoms with Crippen LogP contribution < -0.4 is 0 Å². The van der Waals surface area contributed by atoms with Crippen LogP contribution >= 0.6 is 0 Å². The van der Waals surface area contributed by atoms with Gasteiger partial charge in [-0.25, -0.2) is 4.79 Å². The van der Waals surface area contributed by atoms with Crippen LogP contribution in [-0.2, 0) is 17.6 Å². The maximum absolute atomic E-state index is 12.8. The number of furan rings is 1. The van der Waals surface area contributed by atoms with Gasteiger partial charge in [0.05, 0.1) is 0 Å². The Morgan fingerprint density at radius 2 is 1.72 bits per heavy atom. The lowest BCUT2D eigenvalue weighted by Gasteiger charge is -2.21. The molecular formula is C22H26N2O5. The summed E-state index contributed by atoms with van der Waals surface area (Å²) < 4.78 is 5.49.